The first-order valence-corrected chi connectivity index (χ1v) is 12.1. The van der Waals surface area contributed by atoms with Crippen LogP contribution in [0.15, 0.2) is 48.5 Å². The minimum absolute atomic E-state index is 0.0663. The molecule has 2 amide bonds. The zero-order chi connectivity index (χ0) is 24.9. The zero-order valence-electron chi connectivity index (χ0n) is 20.1. The highest BCUT2D eigenvalue weighted by atomic mass is 16.5. The third-order valence-corrected chi connectivity index (χ3v) is 6.49. The lowest BCUT2D eigenvalue weighted by molar-refractivity contribution is -0.148. The number of carboxylic acid groups (broad SMARTS) is 1. The van der Waals surface area contributed by atoms with Gasteiger partial charge in [-0.05, 0) is 34.6 Å². The van der Waals surface area contributed by atoms with Gasteiger partial charge in [-0.25, -0.2) is 4.79 Å². The summed E-state index contributed by atoms with van der Waals surface area (Å²) in [5, 5.41) is 11.8. The first kappa shape index (κ1) is 24.7. The second kappa shape index (κ2) is 10.9. The molecule has 1 unspecified atom stereocenters. The van der Waals surface area contributed by atoms with Gasteiger partial charge in [0.15, 0.2) is 0 Å². The van der Waals surface area contributed by atoms with Crippen molar-refractivity contribution in [3.05, 3.63) is 59.7 Å². The smallest absolute Gasteiger partial charge is 0.407 e. The number of carbonyl (C=O) groups excluding carboxylic acids is 2. The van der Waals surface area contributed by atoms with E-state index in [0.717, 1.165) is 22.3 Å². The van der Waals surface area contributed by atoms with Gasteiger partial charge >= 0.3 is 12.1 Å². The molecule has 2 N–H and O–H groups in total. The van der Waals surface area contributed by atoms with Gasteiger partial charge in [-0.1, -0.05) is 62.4 Å². The number of nitrogens with one attached hydrogen (secondary N) is 1. The van der Waals surface area contributed by atoms with Crippen molar-refractivity contribution in [1.82, 2.24) is 10.2 Å². The largest absolute Gasteiger partial charge is 0.481 e. The lowest BCUT2D eigenvalue weighted by Gasteiger charge is -2.35. The molecule has 0 radical (unpaired) electrons. The molecule has 1 saturated heterocycles. The minimum atomic E-state index is -0.972. The fourth-order valence-electron chi connectivity index (χ4n) is 4.93. The summed E-state index contributed by atoms with van der Waals surface area (Å²) >= 11 is 0. The third-order valence-electron chi connectivity index (χ3n) is 6.49. The van der Waals surface area contributed by atoms with Crippen LogP contribution < -0.4 is 5.32 Å². The average molecular weight is 481 g/mol. The van der Waals surface area contributed by atoms with Gasteiger partial charge < -0.3 is 24.8 Å². The summed E-state index contributed by atoms with van der Waals surface area (Å²) in [7, 11) is 0. The van der Waals surface area contributed by atoms with Gasteiger partial charge in [0, 0.05) is 19.0 Å². The van der Waals surface area contributed by atoms with Crippen molar-refractivity contribution in [3.8, 4) is 11.1 Å². The number of carboxylic acids is 1. The first-order chi connectivity index (χ1) is 16.8. The van der Waals surface area contributed by atoms with Crippen LogP contribution in [0.5, 0.6) is 0 Å². The van der Waals surface area contributed by atoms with Crippen LogP contribution in [-0.2, 0) is 19.1 Å². The molecule has 2 aliphatic rings. The van der Waals surface area contributed by atoms with E-state index in [1.54, 1.807) is 4.90 Å². The Morgan fingerprint density at radius 1 is 1.09 bits per heavy atom. The molecule has 35 heavy (non-hydrogen) atoms. The lowest BCUT2D eigenvalue weighted by Crippen LogP contribution is -2.54. The molecule has 2 atom stereocenters. The summed E-state index contributed by atoms with van der Waals surface area (Å²) in [4.78, 5) is 38.7. The van der Waals surface area contributed by atoms with Crippen LogP contribution in [0.2, 0.25) is 0 Å². The van der Waals surface area contributed by atoms with E-state index in [1.807, 2.05) is 38.1 Å². The summed E-state index contributed by atoms with van der Waals surface area (Å²) in [6.07, 6.45) is -0.914. The number of fused-ring (bicyclic) bond motifs is 3. The molecule has 0 spiro atoms. The Morgan fingerprint density at radius 2 is 1.71 bits per heavy atom. The molecule has 2 aromatic rings. The van der Waals surface area contributed by atoms with Gasteiger partial charge in [-0.3, -0.25) is 9.59 Å². The Kier molecular flexibility index (Phi) is 7.70. The molecular formula is C27H32N2O6. The monoisotopic (exact) mass is 480 g/mol. The van der Waals surface area contributed by atoms with Crippen LogP contribution in [0, 0.1) is 5.92 Å². The standard InChI is InChI=1S/C27H32N2O6/c1-17(2)13-24(26(32)29-11-12-34-18(15-29)14-25(30)31)28-27(33)35-16-23-21-9-5-3-7-19(21)20-8-4-6-10-22(20)23/h3-10,17-18,23-24H,11-16H2,1-2H3,(H,28,33)(H,30,31)/t18?,24-/m0/s1. The van der Waals surface area contributed by atoms with Crippen molar-refractivity contribution in [3.63, 3.8) is 0 Å². The number of alkyl carbamates (subject to hydrolysis) is 1. The second-order valence-electron chi connectivity index (χ2n) is 9.53. The second-order valence-corrected chi connectivity index (χ2v) is 9.53. The Labute approximate surface area is 205 Å². The summed E-state index contributed by atoms with van der Waals surface area (Å²) in [6.45, 7) is 4.93. The Balaban J connectivity index is 1.40. The number of amides is 2. The van der Waals surface area contributed by atoms with E-state index in [0.29, 0.717) is 13.0 Å². The van der Waals surface area contributed by atoms with Gasteiger partial charge in [0.1, 0.15) is 12.6 Å². The van der Waals surface area contributed by atoms with Crippen LogP contribution >= 0.6 is 0 Å². The van der Waals surface area contributed by atoms with Gasteiger partial charge in [0.25, 0.3) is 0 Å². The van der Waals surface area contributed by atoms with Crippen molar-refractivity contribution in [2.45, 2.75) is 44.8 Å². The predicted octanol–water partition coefficient (Wildman–Crippen LogP) is 3.64. The zero-order valence-corrected chi connectivity index (χ0v) is 20.1. The van der Waals surface area contributed by atoms with E-state index >= 15 is 0 Å². The molecule has 0 bridgehead atoms. The van der Waals surface area contributed by atoms with Gasteiger partial charge in [-0.15, -0.1) is 0 Å². The number of ether oxygens (including phenoxy) is 2. The predicted molar refractivity (Wildman–Crippen MR) is 130 cm³/mol. The topological polar surface area (TPSA) is 105 Å². The van der Waals surface area contributed by atoms with Crippen molar-refractivity contribution < 1.29 is 29.0 Å². The Bertz CT molecular complexity index is 1040. The molecule has 8 nitrogen and oxygen atoms in total. The van der Waals surface area contributed by atoms with Crippen LogP contribution in [0.3, 0.4) is 0 Å². The molecule has 0 saturated carbocycles. The van der Waals surface area contributed by atoms with E-state index < -0.39 is 24.2 Å². The summed E-state index contributed by atoms with van der Waals surface area (Å²) in [5.74, 6) is -1.12. The SMILES string of the molecule is CC(C)C[C@H](NC(=O)OCC1c2ccccc2-c2ccccc21)C(=O)N1CCOC(CC(=O)O)C1. The van der Waals surface area contributed by atoms with E-state index in [2.05, 4.69) is 29.6 Å². The normalized spacial score (nSPS) is 18.0. The molecule has 186 valence electrons. The van der Waals surface area contributed by atoms with Crippen LogP contribution in [0.4, 0.5) is 4.79 Å². The molecular weight excluding hydrogens is 448 g/mol. The molecule has 4 rings (SSSR count). The third kappa shape index (κ3) is 5.82. The molecule has 2 aromatic carbocycles. The highest BCUT2D eigenvalue weighted by Crippen LogP contribution is 2.44. The highest BCUT2D eigenvalue weighted by molar-refractivity contribution is 5.86. The molecule has 1 aliphatic carbocycles. The molecule has 0 aromatic heterocycles. The maximum absolute atomic E-state index is 13.2. The number of benzene rings is 2. The summed E-state index contributed by atoms with van der Waals surface area (Å²) < 4.78 is 11.1. The fourth-order valence-corrected chi connectivity index (χ4v) is 4.93. The summed E-state index contributed by atoms with van der Waals surface area (Å²) in [5.41, 5.74) is 4.53. The minimum Gasteiger partial charge on any atom is -0.481 e. The number of aliphatic carboxylic acids is 1. The fraction of sp³-hybridized carbons (Fsp3) is 0.444. The van der Waals surface area contributed by atoms with E-state index in [9.17, 15) is 14.4 Å². The Hall–Kier alpha value is -3.39. The van der Waals surface area contributed by atoms with Crippen molar-refractivity contribution in [1.29, 1.82) is 0 Å². The maximum atomic E-state index is 13.2. The highest BCUT2D eigenvalue weighted by Gasteiger charge is 2.33. The van der Waals surface area contributed by atoms with E-state index in [4.69, 9.17) is 14.6 Å². The van der Waals surface area contributed by atoms with Crippen LogP contribution in [0.1, 0.15) is 43.7 Å². The van der Waals surface area contributed by atoms with Gasteiger partial charge in [0.05, 0.1) is 19.1 Å². The average Bonchev–Trinajstić information content (AvgIpc) is 3.15. The van der Waals surface area contributed by atoms with Crippen molar-refractivity contribution >= 4 is 18.0 Å². The van der Waals surface area contributed by atoms with E-state index in [1.165, 1.54) is 0 Å². The van der Waals surface area contributed by atoms with E-state index in [-0.39, 0.29) is 43.9 Å². The van der Waals surface area contributed by atoms with Gasteiger partial charge in [-0.2, -0.15) is 0 Å². The van der Waals surface area contributed by atoms with Crippen molar-refractivity contribution in [2.24, 2.45) is 5.92 Å². The number of hydrogen-bond acceptors (Lipinski definition) is 5. The molecule has 1 heterocycles. The quantitative estimate of drug-likeness (QED) is 0.598. The number of rotatable bonds is 8. The number of morpholine rings is 1. The summed E-state index contributed by atoms with van der Waals surface area (Å²) in [6, 6.07) is 15.5. The molecule has 1 aliphatic heterocycles. The Morgan fingerprint density at radius 3 is 2.31 bits per heavy atom. The molecule has 1 fully saturated rings. The van der Waals surface area contributed by atoms with Crippen LogP contribution in [0.25, 0.3) is 11.1 Å². The number of nitrogens with zero attached hydrogens (tertiary/aromatic N) is 1. The maximum Gasteiger partial charge on any atom is 0.407 e. The van der Waals surface area contributed by atoms with Crippen LogP contribution in [-0.4, -0.2) is 66.4 Å². The van der Waals surface area contributed by atoms with Gasteiger partial charge in [0.2, 0.25) is 5.91 Å². The first-order valence-electron chi connectivity index (χ1n) is 12.1. The number of carbonyl (C=O) groups is 3. The molecule has 8 heteroatoms. The lowest BCUT2D eigenvalue weighted by atomic mass is 9.98. The number of hydrogen-bond donors (Lipinski definition) is 2. The van der Waals surface area contributed by atoms with Crippen molar-refractivity contribution in [2.75, 3.05) is 26.3 Å².